The molecular weight excluding hydrogens is 460 g/mol. The Morgan fingerprint density at radius 3 is 2.21 bits per heavy atom. The van der Waals surface area contributed by atoms with Gasteiger partial charge in [0.05, 0.1) is 30.1 Å². The fourth-order valence-electron chi connectivity index (χ4n) is 2.93. The van der Waals surface area contributed by atoms with E-state index in [0.717, 1.165) is 10.5 Å². The maximum Gasteiger partial charge on any atom is 0.262 e. The molecule has 9 heteroatoms. The maximum absolute atomic E-state index is 12.8. The number of hydrogen-bond donors (Lipinski definition) is 2. The molecule has 0 heterocycles. The molecule has 2 N–H and O–H groups in total. The van der Waals surface area contributed by atoms with Crippen LogP contribution in [0.5, 0.6) is 11.5 Å². The molecule has 0 bridgehead atoms. The molecule has 174 valence electrons. The minimum absolute atomic E-state index is 0.0486. The SMILES string of the molecule is COc1ccc(OC)c(NS(=O)(=O)c2ccc(NC(=O)[C@H](C)Sc3ccc(C)cc3)cc2)c1. The lowest BCUT2D eigenvalue weighted by Crippen LogP contribution is -2.22. The Labute approximate surface area is 198 Å². The monoisotopic (exact) mass is 486 g/mol. The molecule has 3 aromatic carbocycles. The van der Waals surface area contributed by atoms with Crippen LogP contribution in [0.3, 0.4) is 0 Å². The molecule has 0 unspecified atom stereocenters. The number of carbonyl (C=O) groups excluding carboxylic acids is 1. The van der Waals surface area contributed by atoms with E-state index >= 15 is 0 Å². The van der Waals surface area contributed by atoms with Crippen LogP contribution in [0, 0.1) is 6.92 Å². The zero-order chi connectivity index (χ0) is 24.0. The summed E-state index contributed by atoms with van der Waals surface area (Å²) in [6, 6.07) is 18.8. The van der Waals surface area contributed by atoms with Crippen molar-refractivity contribution >= 4 is 39.1 Å². The lowest BCUT2D eigenvalue weighted by atomic mass is 10.2. The van der Waals surface area contributed by atoms with Gasteiger partial charge < -0.3 is 14.8 Å². The molecule has 0 fully saturated rings. The molecule has 7 nitrogen and oxygen atoms in total. The lowest BCUT2D eigenvalue weighted by Gasteiger charge is -2.14. The highest BCUT2D eigenvalue weighted by Crippen LogP contribution is 2.31. The molecule has 0 spiro atoms. The fraction of sp³-hybridized carbons (Fsp3) is 0.208. The number of thioether (sulfide) groups is 1. The van der Waals surface area contributed by atoms with Crippen LogP contribution in [0.2, 0.25) is 0 Å². The number of nitrogens with one attached hydrogen (secondary N) is 2. The van der Waals surface area contributed by atoms with Crippen LogP contribution in [0.4, 0.5) is 11.4 Å². The molecule has 0 saturated carbocycles. The van der Waals surface area contributed by atoms with Crippen molar-refractivity contribution in [3.63, 3.8) is 0 Å². The number of sulfonamides is 1. The Morgan fingerprint density at radius 2 is 1.61 bits per heavy atom. The van der Waals surface area contributed by atoms with E-state index in [1.807, 2.05) is 38.1 Å². The predicted molar refractivity (Wildman–Crippen MR) is 132 cm³/mol. The van der Waals surface area contributed by atoms with Crippen molar-refractivity contribution in [2.75, 3.05) is 24.3 Å². The summed E-state index contributed by atoms with van der Waals surface area (Å²) in [5, 5.41) is 2.50. The van der Waals surface area contributed by atoms with Crippen LogP contribution in [0.1, 0.15) is 12.5 Å². The van der Waals surface area contributed by atoms with E-state index in [1.165, 1.54) is 44.2 Å². The van der Waals surface area contributed by atoms with Crippen molar-refractivity contribution in [3.8, 4) is 11.5 Å². The number of rotatable bonds is 9. The zero-order valence-electron chi connectivity index (χ0n) is 18.8. The largest absolute Gasteiger partial charge is 0.497 e. The summed E-state index contributed by atoms with van der Waals surface area (Å²) in [7, 11) is -0.932. The standard InChI is InChI=1S/C24H26N2O5S2/c1-16-5-10-20(11-6-16)32-17(2)24(27)25-18-7-12-21(13-8-18)33(28,29)26-22-15-19(30-3)9-14-23(22)31-4/h5-15,17,26H,1-4H3,(H,25,27)/t17-/m0/s1. The summed E-state index contributed by atoms with van der Waals surface area (Å²) in [5.74, 6) is 0.683. The number of hydrogen-bond acceptors (Lipinski definition) is 6. The van der Waals surface area contributed by atoms with Crippen LogP contribution in [0.15, 0.2) is 76.5 Å². The molecule has 33 heavy (non-hydrogen) atoms. The van der Waals surface area contributed by atoms with Crippen LogP contribution in [0.25, 0.3) is 0 Å². The second kappa shape index (κ2) is 10.6. The van der Waals surface area contributed by atoms with Gasteiger partial charge in [-0.1, -0.05) is 17.7 Å². The third-order valence-corrected chi connectivity index (χ3v) is 7.28. The second-order valence-electron chi connectivity index (χ2n) is 7.26. The van der Waals surface area contributed by atoms with Gasteiger partial charge in [-0.2, -0.15) is 0 Å². The van der Waals surface area contributed by atoms with Crippen molar-refractivity contribution < 1.29 is 22.7 Å². The lowest BCUT2D eigenvalue weighted by molar-refractivity contribution is -0.115. The summed E-state index contributed by atoms with van der Waals surface area (Å²) in [6.07, 6.45) is 0. The normalized spacial score (nSPS) is 12.0. The van der Waals surface area contributed by atoms with Gasteiger partial charge in [-0.05, 0) is 62.4 Å². The van der Waals surface area contributed by atoms with Crippen molar-refractivity contribution in [1.82, 2.24) is 0 Å². The molecule has 0 saturated heterocycles. The number of carbonyl (C=O) groups is 1. The highest BCUT2D eigenvalue weighted by molar-refractivity contribution is 8.00. The van der Waals surface area contributed by atoms with Gasteiger partial charge in [-0.15, -0.1) is 11.8 Å². The van der Waals surface area contributed by atoms with Crippen molar-refractivity contribution in [2.45, 2.75) is 28.9 Å². The Kier molecular flexibility index (Phi) is 7.88. The van der Waals surface area contributed by atoms with Gasteiger partial charge in [0, 0.05) is 16.6 Å². The Morgan fingerprint density at radius 1 is 0.939 bits per heavy atom. The molecular formula is C24H26N2O5S2. The first-order valence-electron chi connectivity index (χ1n) is 10.1. The number of ether oxygens (including phenoxy) is 2. The summed E-state index contributed by atoms with van der Waals surface area (Å²) in [5.41, 5.74) is 1.93. The first-order valence-corrected chi connectivity index (χ1v) is 12.5. The Bertz CT molecular complexity index is 1210. The second-order valence-corrected chi connectivity index (χ2v) is 10.4. The minimum atomic E-state index is -3.88. The van der Waals surface area contributed by atoms with Crippen LogP contribution < -0.4 is 19.5 Å². The number of anilines is 2. The summed E-state index contributed by atoms with van der Waals surface area (Å²) in [6.45, 7) is 3.83. The molecule has 1 amide bonds. The molecule has 0 aliphatic heterocycles. The third-order valence-electron chi connectivity index (χ3n) is 4.79. The molecule has 3 aromatic rings. The van der Waals surface area contributed by atoms with E-state index in [4.69, 9.17) is 9.47 Å². The third kappa shape index (κ3) is 6.43. The van der Waals surface area contributed by atoms with E-state index in [-0.39, 0.29) is 21.7 Å². The zero-order valence-corrected chi connectivity index (χ0v) is 20.4. The number of amides is 1. The quantitative estimate of drug-likeness (QED) is 0.417. The Balaban J connectivity index is 1.67. The van der Waals surface area contributed by atoms with Crippen LogP contribution >= 0.6 is 11.8 Å². The smallest absolute Gasteiger partial charge is 0.262 e. The highest BCUT2D eigenvalue weighted by atomic mass is 32.2. The number of aryl methyl sites for hydroxylation is 1. The first-order chi connectivity index (χ1) is 15.7. The molecule has 0 aromatic heterocycles. The summed E-state index contributed by atoms with van der Waals surface area (Å²) < 4.78 is 38.6. The van der Waals surface area contributed by atoms with E-state index in [2.05, 4.69) is 10.0 Å². The number of methoxy groups -OCH3 is 2. The summed E-state index contributed by atoms with van der Waals surface area (Å²) >= 11 is 1.45. The van der Waals surface area contributed by atoms with E-state index < -0.39 is 10.0 Å². The maximum atomic E-state index is 12.8. The summed E-state index contributed by atoms with van der Waals surface area (Å²) in [4.78, 5) is 13.6. The van der Waals surface area contributed by atoms with Crippen molar-refractivity contribution in [1.29, 1.82) is 0 Å². The van der Waals surface area contributed by atoms with Crippen LogP contribution in [-0.2, 0) is 14.8 Å². The first kappa shape index (κ1) is 24.5. The van der Waals surface area contributed by atoms with Crippen LogP contribution in [-0.4, -0.2) is 33.8 Å². The van der Waals surface area contributed by atoms with Gasteiger partial charge in [0.25, 0.3) is 10.0 Å². The van der Waals surface area contributed by atoms with Gasteiger partial charge in [0.15, 0.2) is 0 Å². The predicted octanol–water partition coefficient (Wildman–Crippen LogP) is 4.93. The van der Waals surface area contributed by atoms with Gasteiger partial charge in [0.2, 0.25) is 5.91 Å². The number of benzene rings is 3. The van der Waals surface area contributed by atoms with E-state index in [0.29, 0.717) is 17.2 Å². The van der Waals surface area contributed by atoms with Gasteiger partial charge in [-0.3, -0.25) is 9.52 Å². The minimum Gasteiger partial charge on any atom is -0.497 e. The molecule has 3 rings (SSSR count). The molecule has 0 radical (unpaired) electrons. The van der Waals surface area contributed by atoms with Gasteiger partial charge in [0.1, 0.15) is 11.5 Å². The van der Waals surface area contributed by atoms with Gasteiger partial charge in [-0.25, -0.2) is 8.42 Å². The molecule has 1 atom stereocenters. The Hall–Kier alpha value is -3.17. The molecule has 0 aliphatic rings. The van der Waals surface area contributed by atoms with E-state index in [9.17, 15) is 13.2 Å². The van der Waals surface area contributed by atoms with Crippen molar-refractivity contribution in [2.24, 2.45) is 0 Å². The van der Waals surface area contributed by atoms with E-state index in [1.54, 1.807) is 24.3 Å². The van der Waals surface area contributed by atoms with Gasteiger partial charge >= 0.3 is 0 Å². The average molecular weight is 487 g/mol. The fourth-order valence-corrected chi connectivity index (χ4v) is 4.86. The topological polar surface area (TPSA) is 93.7 Å². The average Bonchev–Trinajstić information content (AvgIpc) is 2.80. The highest BCUT2D eigenvalue weighted by Gasteiger charge is 2.19. The molecule has 0 aliphatic carbocycles. The van der Waals surface area contributed by atoms with Crippen molar-refractivity contribution in [3.05, 3.63) is 72.3 Å².